The van der Waals surface area contributed by atoms with Crippen LogP contribution in [-0.4, -0.2) is 41.7 Å². The van der Waals surface area contributed by atoms with E-state index in [4.69, 9.17) is 9.84 Å². The number of ether oxygens (including phenoxy) is 1. The molecule has 2 atom stereocenters. The highest BCUT2D eigenvalue weighted by molar-refractivity contribution is 5.83. The standard InChI is InChI=1S/C15H20N2O4/c1-10(11-5-7-12(21-2)8-6-11)16-15(20)17-9-3-4-13(17)14(18)19/h5-8,10,13H,3-4,9H2,1-2H3,(H,16,20)(H,18,19)/t10?,13-/m0/s1. The summed E-state index contributed by atoms with van der Waals surface area (Å²) in [7, 11) is 1.60. The van der Waals surface area contributed by atoms with E-state index >= 15 is 0 Å². The van der Waals surface area contributed by atoms with Gasteiger partial charge in [-0.1, -0.05) is 12.1 Å². The Bertz CT molecular complexity index is 515. The average Bonchev–Trinajstić information content (AvgIpc) is 2.97. The van der Waals surface area contributed by atoms with Crippen LogP contribution >= 0.6 is 0 Å². The van der Waals surface area contributed by atoms with Crippen LogP contribution in [0, 0.1) is 0 Å². The lowest BCUT2D eigenvalue weighted by atomic mass is 10.1. The SMILES string of the molecule is COc1ccc(C(C)NC(=O)N2CCC[C@H]2C(=O)O)cc1. The van der Waals surface area contributed by atoms with E-state index in [9.17, 15) is 9.59 Å². The molecule has 2 N–H and O–H groups in total. The summed E-state index contributed by atoms with van der Waals surface area (Å²) in [6.45, 7) is 2.35. The van der Waals surface area contributed by atoms with Crippen molar-refractivity contribution in [3.8, 4) is 5.75 Å². The summed E-state index contributed by atoms with van der Waals surface area (Å²) in [6.07, 6.45) is 1.24. The van der Waals surface area contributed by atoms with Crippen LogP contribution in [0.15, 0.2) is 24.3 Å². The van der Waals surface area contributed by atoms with Gasteiger partial charge in [-0.2, -0.15) is 0 Å². The minimum atomic E-state index is -0.945. The van der Waals surface area contributed by atoms with Crippen LogP contribution in [0.5, 0.6) is 5.75 Å². The second-order valence-corrected chi connectivity index (χ2v) is 5.13. The Morgan fingerprint density at radius 2 is 2.05 bits per heavy atom. The molecule has 0 saturated carbocycles. The van der Waals surface area contributed by atoms with Crippen molar-refractivity contribution in [3.63, 3.8) is 0 Å². The molecule has 0 aromatic heterocycles. The van der Waals surface area contributed by atoms with E-state index in [0.29, 0.717) is 13.0 Å². The molecule has 21 heavy (non-hydrogen) atoms. The Morgan fingerprint density at radius 1 is 1.38 bits per heavy atom. The molecular formula is C15H20N2O4. The smallest absolute Gasteiger partial charge is 0.326 e. The van der Waals surface area contributed by atoms with Gasteiger partial charge < -0.3 is 20.1 Å². The molecule has 1 saturated heterocycles. The second kappa shape index (κ2) is 6.47. The van der Waals surface area contributed by atoms with Crippen molar-refractivity contribution in [1.82, 2.24) is 10.2 Å². The van der Waals surface area contributed by atoms with Crippen LogP contribution in [0.3, 0.4) is 0 Å². The zero-order valence-electron chi connectivity index (χ0n) is 12.2. The van der Waals surface area contributed by atoms with E-state index in [1.54, 1.807) is 7.11 Å². The Morgan fingerprint density at radius 3 is 2.62 bits per heavy atom. The molecular weight excluding hydrogens is 272 g/mol. The molecule has 1 unspecified atom stereocenters. The van der Waals surface area contributed by atoms with Crippen molar-refractivity contribution in [2.24, 2.45) is 0 Å². The summed E-state index contributed by atoms with van der Waals surface area (Å²) >= 11 is 0. The molecule has 1 aromatic carbocycles. The molecule has 0 aliphatic carbocycles. The predicted octanol–water partition coefficient (Wildman–Crippen LogP) is 2.01. The fraction of sp³-hybridized carbons (Fsp3) is 0.467. The fourth-order valence-corrected chi connectivity index (χ4v) is 2.51. The predicted molar refractivity (Wildman–Crippen MR) is 77.3 cm³/mol. The molecule has 0 bridgehead atoms. The zero-order chi connectivity index (χ0) is 15.4. The summed E-state index contributed by atoms with van der Waals surface area (Å²) in [5.74, 6) is -0.192. The molecule has 1 aliphatic rings. The first-order chi connectivity index (χ1) is 10.0. The largest absolute Gasteiger partial charge is 0.497 e. The van der Waals surface area contributed by atoms with E-state index in [1.165, 1.54) is 4.90 Å². The van der Waals surface area contributed by atoms with Crippen molar-refractivity contribution in [3.05, 3.63) is 29.8 Å². The van der Waals surface area contributed by atoms with Crippen molar-refractivity contribution in [2.75, 3.05) is 13.7 Å². The Kier molecular flexibility index (Phi) is 4.67. The number of benzene rings is 1. The number of carboxylic acids is 1. The summed E-state index contributed by atoms with van der Waals surface area (Å²) in [5.41, 5.74) is 0.940. The number of aliphatic carboxylic acids is 1. The van der Waals surface area contributed by atoms with E-state index in [0.717, 1.165) is 17.7 Å². The third kappa shape index (κ3) is 3.45. The number of amides is 2. The van der Waals surface area contributed by atoms with Crippen molar-refractivity contribution in [1.29, 1.82) is 0 Å². The first kappa shape index (κ1) is 15.2. The highest BCUT2D eigenvalue weighted by Crippen LogP contribution is 2.20. The zero-order valence-corrected chi connectivity index (χ0v) is 12.2. The summed E-state index contributed by atoms with van der Waals surface area (Å²) in [5, 5.41) is 11.9. The van der Waals surface area contributed by atoms with Crippen LogP contribution in [-0.2, 0) is 4.79 Å². The first-order valence-corrected chi connectivity index (χ1v) is 6.97. The molecule has 1 heterocycles. The van der Waals surface area contributed by atoms with Crippen LogP contribution in [0.2, 0.25) is 0 Å². The van der Waals surface area contributed by atoms with Gasteiger partial charge in [-0.15, -0.1) is 0 Å². The van der Waals surface area contributed by atoms with Crippen LogP contribution in [0.4, 0.5) is 4.79 Å². The number of rotatable bonds is 4. The number of urea groups is 1. The molecule has 0 spiro atoms. The number of carbonyl (C=O) groups is 2. The molecule has 1 aromatic rings. The van der Waals surface area contributed by atoms with Crippen LogP contribution in [0.25, 0.3) is 0 Å². The number of methoxy groups -OCH3 is 1. The number of hydrogen-bond donors (Lipinski definition) is 2. The lowest BCUT2D eigenvalue weighted by molar-refractivity contribution is -0.141. The van der Waals surface area contributed by atoms with Gasteiger partial charge >= 0.3 is 12.0 Å². The van der Waals surface area contributed by atoms with E-state index in [1.807, 2.05) is 31.2 Å². The number of carbonyl (C=O) groups excluding carboxylic acids is 1. The highest BCUT2D eigenvalue weighted by Gasteiger charge is 2.34. The molecule has 1 aliphatic heterocycles. The van der Waals surface area contributed by atoms with Crippen molar-refractivity contribution in [2.45, 2.75) is 31.8 Å². The average molecular weight is 292 g/mol. The Hall–Kier alpha value is -2.24. The number of hydrogen-bond acceptors (Lipinski definition) is 3. The summed E-state index contributed by atoms with van der Waals surface area (Å²) in [4.78, 5) is 24.7. The van der Waals surface area contributed by atoms with E-state index < -0.39 is 12.0 Å². The van der Waals surface area contributed by atoms with Crippen LogP contribution < -0.4 is 10.1 Å². The minimum absolute atomic E-state index is 0.196. The Balaban J connectivity index is 1.99. The van der Waals surface area contributed by atoms with Gasteiger partial charge in [-0.05, 0) is 37.5 Å². The van der Waals surface area contributed by atoms with E-state index in [2.05, 4.69) is 5.32 Å². The Labute approximate surface area is 123 Å². The van der Waals surface area contributed by atoms with Gasteiger partial charge in [0, 0.05) is 6.54 Å². The molecule has 2 amide bonds. The van der Waals surface area contributed by atoms with Gasteiger partial charge in [-0.3, -0.25) is 0 Å². The number of likely N-dealkylation sites (tertiary alicyclic amines) is 1. The topological polar surface area (TPSA) is 78.9 Å². The first-order valence-electron chi connectivity index (χ1n) is 6.97. The molecule has 114 valence electrons. The maximum atomic E-state index is 12.2. The van der Waals surface area contributed by atoms with Gasteiger partial charge in [0.1, 0.15) is 11.8 Å². The monoisotopic (exact) mass is 292 g/mol. The molecule has 6 nitrogen and oxygen atoms in total. The number of nitrogens with one attached hydrogen (secondary N) is 1. The lowest BCUT2D eigenvalue weighted by Gasteiger charge is -2.24. The van der Waals surface area contributed by atoms with Gasteiger partial charge in [0.15, 0.2) is 0 Å². The van der Waals surface area contributed by atoms with Gasteiger partial charge in [0.05, 0.1) is 13.2 Å². The fourth-order valence-electron chi connectivity index (χ4n) is 2.51. The highest BCUT2D eigenvalue weighted by atomic mass is 16.5. The number of nitrogens with zero attached hydrogens (tertiary/aromatic N) is 1. The summed E-state index contributed by atoms with van der Waals surface area (Å²) < 4.78 is 5.09. The lowest BCUT2D eigenvalue weighted by Crippen LogP contribution is -2.46. The van der Waals surface area contributed by atoms with Gasteiger partial charge in [-0.25, -0.2) is 9.59 Å². The molecule has 2 rings (SSSR count). The third-order valence-corrected chi connectivity index (χ3v) is 3.75. The molecule has 1 fully saturated rings. The second-order valence-electron chi connectivity index (χ2n) is 5.13. The van der Waals surface area contributed by atoms with Crippen molar-refractivity contribution < 1.29 is 19.4 Å². The quantitative estimate of drug-likeness (QED) is 0.890. The normalized spacial score (nSPS) is 19.1. The minimum Gasteiger partial charge on any atom is -0.497 e. The maximum Gasteiger partial charge on any atom is 0.326 e. The van der Waals surface area contributed by atoms with Crippen molar-refractivity contribution >= 4 is 12.0 Å². The maximum absolute atomic E-state index is 12.2. The molecule has 6 heteroatoms. The number of carboxylic acid groups (broad SMARTS) is 1. The third-order valence-electron chi connectivity index (χ3n) is 3.75. The van der Waals surface area contributed by atoms with Gasteiger partial charge in [0.2, 0.25) is 0 Å². The van der Waals surface area contributed by atoms with Crippen LogP contribution in [0.1, 0.15) is 31.4 Å². The van der Waals surface area contributed by atoms with E-state index in [-0.39, 0.29) is 12.1 Å². The summed E-state index contributed by atoms with van der Waals surface area (Å²) in [6, 6.07) is 6.17. The van der Waals surface area contributed by atoms with Gasteiger partial charge in [0.25, 0.3) is 0 Å². The molecule has 0 radical (unpaired) electrons.